The molecule has 0 spiro atoms. The maximum Gasteiger partial charge on any atom is 0.337 e. The van der Waals surface area contributed by atoms with Gasteiger partial charge in [0.1, 0.15) is 11.5 Å². The van der Waals surface area contributed by atoms with Crippen LogP contribution in [0.15, 0.2) is 60.8 Å². The first-order chi connectivity index (χ1) is 13.5. The van der Waals surface area contributed by atoms with Gasteiger partial charge in [0.15, 0.2) is 0 Å². The number of benzene rings is 2. The molecule has 3 rings (SSSR count). The van der Waals surface area contributed by atoms with Gasteiger partial charge in [-0.2, -0.15) is 0 Å². The van der Waals surface area contributed by atoms with E-state index in [4.69, 9.17) is 11.6 Å². The van der Waals surface area contributed by atoms with Gasteiger partial charge >= 0.3 is 5.97 Å². The van der Waals surface area contributed by atoms with Gasteiger partial charge in [-0.3, -0.25) is 9.78 Å². The lowest BCUT2D eigenvalue weighted by Crippen LogP contribution is -2.15. The fourth-order valence-corrected chi connectivity index (χ4v) is 2.58. The molecule has 2 N–H and O–H groups in total. The minimum absolute atomic E-state index is 0.112. The van der Waals surface area contributed by atoms with Gasteiger partial charge in [0.2, 0.25) is 0 Å². The molecule has 1 amide bonds. The van der Waals surface area contributed by atoms with Crippen LogP contribution in [0.3, 0.4) is 0 Å². The maximum absolute atomic E-state index is 13.3. The molecule has 28 heavy (non-hydrogen) atoms. The number of halogens is 2. The van der Waals surface area contributed by atoms with Crippen LogP contribution >= 0.6 is 11.6 Å². The van der Waals surface area contributed by atoms with Crippen molar-refractivity contribution < 1.29 is 18.7 Å². The molecule has 3 aromatic rings. The Balaban J connectivity index is 1.79. The Hall–Kier alpha value is -3.45. The predicted molar refractivity (Wildman–Crippen MR) is 105 cm³/mol. The van der Waals surface area contributed by atoms with Crippen LogP contribution in [0.2, 0.25) is 5.02 Å². The molecule has 0 aliphatic rings. The van der Waals surface area contributed by atoms with Gasteiger partial charge in [0.25, 0.3) is 5.91 Å². The lowest BCUT2D eigenvalue weighted by molar-refractivity contribution is 0.0600. The molecule has 6 nitrogen and oxygen atoms in total. The fourth-order valence-electron chi connectivity index (χ4n) is 2.42. The van der Waals surface area contributed by atoms with Crippen molar-refractivity contribution in [2.45, 2.75) is 0 Å². The van der Waals surface area contributed by atoms with Crippen molar-refractivity contribution in [1.82, 2.24) is 4.98 Å². The van der Waals surface area contributed by atoms with E-state index in [0.717, 1.165) is 0 Å². The third-order valence-electron chi connectivity index (χ3n) is 3.74. The van der Waals surface area contributed by atoms with Gasteiger partial charge in [-0.05, 0) is 48.5 Å². The van der Waals surface area contributed by atoms with Gasteiger partial charge in [0.05, 0.1) is 23.4 Å². The number of nitrogens with zero attached hydrogens (tertiary/aromatic N) is 1. The number of pyridine rings is 1. The number of nitrogens with one attached hydrogen (secondary N) is 2. The zero-order valence-corrected chi connectivity index (χ0v) is 15.5. The quantitative estimate of drug-likeness (QED) is 0.610. The Labute approximate surface area is 165 Å². The van der Waals surface area contributed by atoms with E-state index < -0.39 is 11.9 Å². The van der Waals surface area contributed by atoms with Crippen molar-refractivity contribution in [1.29, 1.82) is 0 Å². The molecule has 0 radical (unpaired) electrons. The summed E-state index contributed by atoms with van der Waals surface area (Å²) in [5.74, 6) is -1.45. The molecule has 1 heterocycles. The summed E-state index contributed by atoms with van der Waals surface area (Å²) < 4.78 is 18.0. The Kier molecular flexibility index (Phi) is 5.86. The molecule has 0 atom stereocenters. The summed E-state index contributed by atoms with van der Waals surface area (Å²) in [6.45, 7) is 0. The number of ether oxygens (including phenoxy) is 1. The van der Waals surface area contributed by atoms with E-state index in [-0.39, 0.29) is 27.8 Å². The highest BCUT2D eigenvalue weighted by atomic mass is 35.5. The van der Waals surface area contributed by atoms with E-state index in [2.05, 4.69) is 20.4 Å². The van der Waals surface area contributed by atoms with Crippen LogP contribution in [-0.2, 0) is 4.74 Å². The molecule has 0 unspecified atom stereocenters. The number of amides is 1. The van der Waals surface area contributed by atoms with Crippen molar-refractivity contribution in [2.24, 2.45) is 0 Å². The van der Waals surface area contributed by atoms with Crippen LogP contribution in [0.5, 0.6) is 0 Å². The van der Waals surface area contributed by atoms with E-state index in [1.165, 1.54) is 49.7 Å². The standard InChI is InChI=1S/C20H15ClFN3O3/c1-28-20(27)12-5-6-16(21)17(9-12)25-19(26)18-11-15(7-8-23-18)24-14-4-2-3-13(22)10-14/h2-11H,1H3,(H,23,24)(H,25,26). The lowest BCUT2D eigenvalue weighted by atomic mass is 10.2. The summed E-state index contributed by atoms with van der Waals surface area (Å²) >= 11 is 6.09. The van der Waals surface area contributed by atoms with E-state index in [0.29, 0.717) is 11.4 Å². The Morgan fingerprint density at radius 1 is 1.07 bits per heavy atom. The van der Waals surface area contributed by atoms with Gasteiger partial charge in [0, 0.05) is 17.6 Å². The molecule has 8 heteroatoms. The number of carbonyl (C=O) groups is 2. The lowest BCUT2D eigenvalue weighted by Gasteiger charge is -2.10. The molecule has 0 aliphatic carbocycles. The van der Waals surface area contributed by atoms with E-state index in [9.17, 15) is 14.0 Å². The molecular formula is C20H15ClFN3O3. The van der Waals surface area contributed by atoms with Crippen LogP contribution in [0.4, 0.5) is 21.5 Å². The third kappa shape index (κ3) is 4.63. The van der Waals surface area contributed by atoms with Gasteiger partial charge in [-0.1, -0.05) is 17.7 Å². The Bertz CT molecular complexity index is 1040. The molecule has 1 aromatic heterocycles. The number of methoxy groups -OCH3 is 1. The molecule has 142 valence electrons. The van der Waals surface area contributed by atoms with Gasteiger partial charge < -0.3 is 15.4 Å². The van der Waals surface area contributed by atoms with Gasteiger partial charge in [-0.25, -0.2) is 9.18 Å². The monoisotopic (exact) mass is 399 g/mol. The summed E-state index contributed by atoms with van der Waals surface area (Å²) in [6.07, 6.45) is 1.45. The normalized spacial score (nSPS) is 10.2. The topological polar surface area (TPSA) is 80.3 Å². The SMILES string of the molecule is COC(=O)c1ccc(Cl)c(NC(=O)c2cc(Nc3cccc(F)c3)ccn2)c1. The Morgan fingerprint density at radius 2 is 1.86 bits per heavy atom. The minimum Gasteiger partial charge on any atom is -0.465 e. The fraction of sp³-hybridized carbons (Fsp3) is 0.0500. The van der Waals surface area contributed by atoms with Crippen LogP contribution < -0.4 is 10.6 Å². The van der Waals surface area contributed by atoms with Crippen LogP contribution in [0.1, 0.15) is 20.8 Å². The minimum atomic E-state index is -0.549. The largest absolute Gasteiger partial charge is 0.465 e. The molecule has 0 saturated heterocycles. The van der Waals surface area contributed by atoms with E-state index >= 15 is 0 Å². The number of aromatic nitrogens is 1. The first kappa shape index (κ1) is 19.3. The van der Waals surface area contributed by atoms with Crippen molar-refractivity contribution in [3.05, 3.63) is 82.9 Å². The summed E-state index contributed by atoms with van der Waals surface area (Å²) in [7, 11) is 1.26. The van der Waals surface area contributed by atoms with Crippen molar-refractivity contribution >= 4 is 40.5 Å². The molecule has 0 fully saturated rings. The highest BCUT2D eigenvalue weighted by Crippen LogP contribution is 2.24. The molecule has 0 saturated carbocycles. The highest BCUT2D eigenvalue weighted by molar-refractivity contribution is 6.34. The molecule has 2 aromatic carbocycles. The second-order valence-electron chi connectivity index (χ2n) is 5.71. The summed E-state index contributed by atoms with van der Waals surface area (Å²) in [6, 6.07) is 13.5. The average Bonchev–Trinajstić information content (AvgIpc) is 2.69. The predicted octanol–water partition coefficient (Wildman–Crippen LogP) is 4.66. The highest BCUT2D eigenvalue weighted by Gasteiger charge is 2.14. The molecular weight excluding hydrogens is 385 g/mol. The zero-order chi connectivity index (χ0) is 20.1. The summed E-state index contributed by atoms with van der Waals surface area (Å²) in [5, 5.41) is 5.88. The van der Waals surface area contributed by atoms with Crippen molar-refractivity contribution in [3.63, 3.8) is 0 Å². The number of carbonyl (C=O) groups excluding carboxylic acids is 2. The maximum atomic E-state index is 13.3. The molecule has 0 aliphatic heterocycles. The smallest absolute Gasteiger partial charge is 0.337 e. The number of rotatable bonds is 5. The summed E-state index contributed by atoms with van der Waals surface area (Å²) in [5.41, 5.74) is 1.70. The van der Waals surface area contributed by atoms with E-state index in [1.807, 2.05) is 0 Å². The van der Waals surface area contributed by atoms with Crippen LogP contribution in [-0.4, -0.2) is 24.0 Å². The molecule has 0 bridgehead atoms. The van der Waals surface area contributed by atoms with Gasteiger partial charge in [-0.15, -0.1) is 0 Å². The second-order valence-corrected chi connectivity index (χ2v) is 6.11. The van der Waals surface area contributed by atoms with E-state index in [1.54, 1.807) is 18.2 Å². The van der Waals surface area contributed by atoms with Crippen molar-refractivity contribution in [2.75, 3.05) is 17.7 Å². The number of anilines is 3. The average molecular weight is 400 g/mol. The number of hydrogen-bond acceptors (Lipinski definition) is 5. The number of hydrogen-bond donors (Lipinski definition) is 2. The van der Waals surface area contributed by atoms with Crippen LogP contribution in [0, 0.1) is 5.82 Å². The van der Waals surface area contributed by atoms with Crippen molar-refractivity contribution in [3.8, 4) is 0 Å². The Morgan fingerprint density at radius 3 is 2.61 bits per heavy atom. The summed E-state index contributed by atoms with van der Waals surface area (Å²) in [4.78, 5) is 28.2. The second kappa shape index (κ2) is 8.49. The first-order valence-corrected chi connectivity index (χ1v) is 8.52. The number of esters is 1. The zero-order valence-electron chi connectivity index (χ0n) is 14.7. The van der Waals surface area contributed by atoms with Crippen LogP contribution in [0.25, 0.3) is 0 Å². The third-order valence-corrected chi connectivity index (χ3v) is 4.07. The first-order valence-electron chi connectivity index (χ1n) is 8.14.